The molecule has 1 aromatic carbocycles. The number of rotatable bonds is 7. The van der Waals surface area contributed by atoms with E-state index in [0.717, 1.165) is 28.3 Å². The van der Waals surface area contributed by atoms with Gasteiger partial charge >= 0.3 is 6.03 Å². The van der Waals surface area contributed by atoms with Crippen LogP contribution in [0.3, 0.4) is 0 Å². The van der Waals surface area contributed by atoms with E-state index in [2.05, 4.69) is 20.6 Å². The highest BCUT2D eigenvalue weighted by molar-refractivity contribution is 7.92. The van der Waals surface area contributed by atoms with Crippen LogP contribution in [0.5, 0.6) is 0 Å². The quantitative estimate of drug-likeness (QED) is 0.246. The number of anilines is 2. The molecule has 34 heavy (non-hydrogen) atoms. The lowest BCUT2D eigenvalue weighted by atomic mass is 10.2. The van der Waals surface area contributed by atoms with Crippen LogP contribution in [0.15, 0.2) is 64.1 Å². The fourth-order valence-corrected chi connectivity index (χ4v) is 4.75. The Morgan fingerprint density at radius 1 is 1.21 bits per heavy atom. The molecule has 3 N–H and O–H groups in total. The minimum atomic E-state index is -3.91. The maximum Gasteiger partial charge on any atom is 0.333 e. The molecule has 3 rings (SSSR count). The van der Waals surface area contributed by atoms with Gasteiger partial charge in [0.05, 0.1) is 28.2 Å². The van der Waals surface area contributed by atoms with Crippen LogP contribution in [0.4, 0.5) is 21.9 Å². The van der Waals surface area contributed by atoms with Gasteiger partial charge in [0.15, 0.2) is 0 Å². The van der Waals surface area contributed by atoms with Gasteiger partial charge in [-0.2, -0.15) is 0 Å². The number of aromatic nitrogens is 1. The first-order valence-electron chi connectivity index (χ1n) is 9.61. The number of pyridine rings is 1. The number of carbonyl (C=O) groups is 2. The minimum absolute atomic E-state index is 0.0289. The van der Waals surface area contributed by atoms with Crippen LogP contribution >= 0.6 is 22.9 Å². The summed E-state index contributed by atoms with van der Waals surface area (Å²) in [4.78, 5) is 31.5. The summed E-state index contributed by atoms with van der Waals surface area (Å²) in [5.74, 6) is 0. The summed E-state index contributed by atoms with van der Waals surface area (Å²) in [6.45, 7) is 1.98. The standard InChI is InChI=1S/C11H15N3O.C10H8ClN3O3S2/c1-9-4-5-10(14(2)3)6-11(9)13-7-12-8-15;11-8-3-4-9(18-8)19(16,17)14-10(15)13-7-2-1-5-12-6-7/h4-8H,1-3H3,(H,12,13,15);1-6H,(H2,13,14,15). The molecule has 3 aromatic rings. The average molecular weight is 523 g/mol. The monoisotopic (exact) mass is 522 g/mol. The predicted octanol–water partition coefficient (Wildman–Crippen LogP) is 3.77. The summed E-state index contributed by atoms with van der Waals surface area (Å²) in [5.41, 5.74) is 3.40. The molecule has 180 valence electrons. The molecule has 0 aliphatic rings. The zero-order valence-electron chi connectivity index (χ0n) is 18.5. The number of aryl methyl sites for hydroxylation is 1. The molecule has 2 aromatic heterocycles. The number of carbonyl (C=O) groups excluding carboxylic acids is 2. The Morgan fingerprint density at radius 3 is 2.56 bits per heavy atom. The summed E-state index contributed by atoms with van der Waals surface area (Å²) in [6, 6.07) is 11.1. The van der Waals surface area contributed by atoms with Crippen LogP contribution in [0, 0.1) is 6.92 Å². The molecule has 0 bridgehead atoms. The topological polar surface area (TPSA) is 133 Å². The van der Waals surface area contributed by atoms with Crippen LogP contribution in [0.2, 0.25) is 4.34 Å². The summed E-state index contributed by atoms with van der Waals surface area (Å²) in [5, 5.41) is 4.74. The molecule has 0 spiro atoms. The molecule has 0 atom stereocenters. The molecule has 0 saturated carbocycles. The van der Waals surface area contributed by atoms with Crippen molar-refractivity contribution in [2.24, 2.45) is 4.99 Å². The van der Waals surface area contributed by atoms with E-state index in [9.17, 15) is 18.0 Å². The van der Waals surface area contributed by atoms with E-state index < -0.39 is 16.1 Å². The molecule has 0 unspecified atom stereocenters. The Morgan fingerprint density at radius 2 is 1.97 bits per heavy atom. The maximum absolute atomic E-state index is 11.8. The Labute approximate surface area is 206 Å². The molecule has 0 aliphatic carbocycles. The van der Waals surface area contributed by atoms with Crippen LogP contribution < -0.4 is 20.3 Å². The molecule has 3 amide bonds. The first-order valence-corrected chi connectivity index (χ1v) is 12.3. The van der Waals surface area contributed by atoms with Crippen molar-refractivity contribution in [2.45, 2.75) is 11.1 Å². The van der Waals surface area contributed by atoms with Crippen molar-refractivity contribution in [3.63, 3.8) is 0 Å². The molecule has 10 nitrogen and oxygen atoms in total. The van der Waals surface area contributed by atoms with Crippen LogP contribution in [0.25, 0.3) is 0 Å². The van der Waals surface area contributed by atoms with Crippen molar-refractivity contribution in [2.75, 3.05) is 24.3 Å². The van der Waals surface area contributed by atoms with E-state index in [0.29, 0.717) is 16.4 Å². The number of sulfonamides is 1. The number of hydrogen-bond acceptors (Lipinski definition) is 8. The lowest BCUT2D eigenvalue weighted by molar-refractivity contribution is -0.108. The highest BCUT2D eigenvalue weighted by Crippen LogP contribution is 2.25. The van der Waals surface area contributed by atoms with E-state index in [1.54, 1.807) is 12.1 Å². The van der Waals surface area contributed by atoms with Gasteiger partial charge in [0, 0.05) is 26.0 Å². The summed E-state index contributed by atoms with van der Waals surface area (Å²) >= 11 is 6.52. The van der Waals surface area contributed by atoms with Crippen LogP contribution in [-0.2, 0) is 14.8 Å². The maximum atomic E-state index is 11.8. The second-order valence-corrected chi connectivity index (χ2v) is 10.4. The van der Waals surface area contributed by atoms with E-state index >= 15 is 0 Å². The lowest BCUT2D eigenvalue weighted by Crippen LogP contribution is -2.33. The van der Waals surface area contributed by atoms with Gasteiger partial charge in [-0.1, -0.05) is 17.7 Å². The van der Waals surface area contributed by atoms with Gasteiger partial charge in [0.1, 0.15) is 4.21 Å². The largest absolute Gasteiger partial charge is 0.378 e. The zero-order valence-corrected chi connectivity index (χ0v) is 20.9. The van der Waals surface area contributed by atoms with Crippen molar-refractivity contribution in [3.8, 4) is 0 Å². The van der Waals surface area contributed by atoms with Gasteiger partial charge in [0.2, 0.25) is 6.41 Å². The Kier molecular flexibility index (Phi) is 9.98. The second-order valence-electron chi connectivity index (χ2n) is 6.77. The number of hydrogen-bond donors (Lipinski definition) is 3. The smallest absolute Gasteiger partial charge is 0.333 e. The molecule has 2 heterocycles. The molecule has 0 fully saturated rings. The number of nitrogens with zero attached hydrogens (tertiary/aromatic N) is 3. The number of amides is 3. The van der Waals surface area contributed by atoms with E-state index in [1.165, 1.54) is 30.9 Å². The predicted molar refractivity (Wildman–Crippen MR) is 136 cm³/mol. The van der Waals surface area contributed by atoms with Crippen molar-refractivity contribution < 1.29 is 18.0 Å². The van der Waals surface area contributed by atoms with Gasteiger partial charge in [-0.25, -0.2) is 22.9 Å². The normalized spacial score (nSPS) is 10.7. The molecule has 0 radical (unpaired) electrons. The number of nitrogens with one attached hydrogen (secondary N) is 3. The Hall–Kier alpha value is -3.48. The zero-order chi connectivity index (χ0) is 25.1. The van der Waals surface area contributed by atoms with E-state index in [-0.39, 0.29) is 4.21 Å². The van der Waals surface area contributed by atoms with Crippen molar-refractivity contribution in [1.29, 1.82) is 0 Å². The summed E-state index contributed by atoms with van der Waals surface area (Å²) in [7, 11) is 0.0409. The number of thiophene rings is 1. The number of benzene rings is 1. The van der Waals surface area contributed by atoms with Crippen LogP contribution in [0.1, 0.15) is 5.56 Å². The van der Waals surface area contributed by atoms with Gasteiger partial charge in [0.25, 0.3) is 10.0 Å². The summed E-state index contributed by atoms with van der Waals surface area (Å²) < 4.78 is 25.8. The van der Waals surface area contributed by atoms with Crippen molar-refractivity contribution in [1.82, 2.24) is 15.0 Å². The van der Waals surface area contributed by atoms with Gasteiger partial charge in [-0.15, -0.1) is 11.3 Å². The van der Waals surface area contributed by atoms with Crippen LogP contribution in [-0.4, -0.2) is 46.3 Å². The third-order valence-corrected chi connectivity index (χ3v) is 7.07. The molecular weight excluding hydrogens is 500 g/mol. The Balaban J connectivity index is 0.000000248. The highest BCUT2D eigenvalue weighted by atomic mass is 35.5. The highest BCUT2D eigenvalue weighted by Gasteiger charge is 2.19. The number of aliphatic imine (C=N–C) groups is 1. The second kappa shape index (κ2) is 12.7. The SMILES string of the molecule is Cc1ccc(N(C)C)cc1N=CNC=O.O=C(Nc1cccnc1)NS(=O)(=O)c1ccc(Cl)s1. The molecule has 13 heteroatoms. The third-order valence-electron chi connectivity index (χ3n) is 4.02. The summed E-state index contributed by atoms with van der Waals surface area (Å²) in [6.07, 6.45) is 4.91. The van der Waals surface area contributed by atoms with Gasteiger partial charge in [-0.05, 0) is 48.9 Å². The van der Waals surface area contributed by atoms with Gasteiger partial charge < -0.3 is 15.5 Å². The molecular formula is C21H23ClN6O4S2. The fourth-order valence-electron chi connectivity index (χ4n) is 2.36. The fraction of sp³-hybridized carbons (Fsp3) is 0.143. The van der Waals surface area contributed by atoms with E-state index in [1.807, 2.05) is 48.8 Å². The first kappa shape index (κ1) is 26.8. The van der Waals surface area contributed by atoms with E-state index in [4.69, 9.17) is 11.6 Å². The molecule has 0 saturated heterocycles. The van der Waals surface area contributed by atoms with Gasteiger partial charge in [-0.3, -0.25) is 9.78 Å². The van der Waals surface area contributed by atoms with Crippen molar-refractivity contribution in [3.05, 3.63) is 64.8 Å². The first-order chi connectivity index (χ1) is 16.1. The van der Waals surface area contributed by atoms with Crippen molar-refractivity contribution >= 4 is 68.8 Å². The average Bonchev–Trinajstić information content (AvgIpc) is 3.23. The number of halogens is 1. The lowest BCUT2D eigenvalue weighted by Gasteiger charge is -2.13. The molecule has 0 aliphatic heterocycles. The Bertz CT molecular complexity index is 1250. The third kappa shape index (κ3) is 8.46. The number of urea groups is 1. The minimum Gasteiger partial charge on any atom is -0.378 e.